The van der Waals surface area contributed by atoms with Gasteiger partial charge in [-0.3, -0.25) is 4.57 Å². The second-order valence-corrected chi connectivity index (χ2v) is 6.87. The standard InChI is InChI=1S/C16H24N6O3/c17-14-11-15(20-7-19-14)22(8-21-11)16-13(24)12(23)10(25-16)6-18-9-4-2-1-3-5-9/h7-10,12-13,16,18,23-24H,1-6H2,(H2,17,19,20)/t10-,12?,13?,16-/m1/s1. The van der Waals surface area contributed by atoms with Crippen LogP contribution in [0.2, 0.25) is 0 Å². The summed E-state index contributed by atoms with van der Waals surface area (Å²) in [5.41, 5.74) is 6.73. The molecule has 2 aliphatic rings. The predicted octanol–water partition coefficient (Wildman–Crippen LogP) is -0.0500. The Kier molecular flexibility index (Phi) is 4.55. The zero-order valence-electron chi connectivity index (χ0n) is 14.0. The van der Waals surface area contributed by atoms with Crippen molar-refractivity contribution in [3.63, 3.8) is 0 Å². The van der Waals surface area contributed by atoms with Crippen LogP contribution in [0, 0.1) is 0 Å². The lowest BCUT2D eigenvalue weighted by Gasteiger charge is -2.25. The van der Waals surface area contributed by atoms with Gasteiger partial charge < -0.3 is 26.0 Å². The lowest BCUT2D eigenvalue weighted by atomic mass is 9.95. The van der Waals surface area contributed by atoms with Gasteiger partial charge in [0.05, 0.1) is 6.33 Å². The zero-order chi connectivity index (χ0) is 17.4. The number of aliphatic hydroxyl groups excluding tert-OH is 2. The van der Waals surface area contributed by atoms with Crippen LogP contribution in [0.3, 0.4) is 0 Å². The van der Waals surface area contributed by atoms with E-state index in [0.717, 1.165) is 12.8 Å². The molecule has 2 aromatic heterocycles. The molecular formula is C16H24N6O3. The number of hydrogen-bond acceptors (Lipinski definition) is 8. The molecule has 25 heavy (non-hydrogen) atoms. The highest BCUT2D eigenvalue weighted by Crippen LogP contribution is 2.32. The van der Waals surface area contributed by atoms with Crippen molar-refractivity contribution in [2.45, 2.75) is 62.7 Å². The molecule has 2 aromatic rings. The number of imidazole rings is 1. The summed E-state index contributed by atoms with van der Waals surface area (Å²) in [6, 6.07) is 0.461. The molecule has 1 aliphatic heterocycles. The van der Waals surface area contributed by atoms with Crippen molar-refractivity contribution in [3.8, 4) is 0 Å². The minimum Gasteiger partial charge on any atom is -0.387 e. The van der Waals surface area contributed by atoms with E-state index in [1.54, 1.807) is 4.57 Å². The number of nitrogens with one attached hydrogen (secondary N) is 1. The summed E-state index contributed by atoms with van der Waals surface area (Å²) in [4.78, 5) is 12.3. The maximum Gasteiger partial charge on any atom is 0.167 e. The number of nitrogens with zero attached hydrogens (tertiary/aromatic N) is 4. The molecule has 1 saturated heterocycles. The highest BCUT2D eigenvalue weighted by atomic mass is 16.6. The average molecular weight is 348 g/mol. The molecule has 5 N–H and O–H groups in total. The minimum absolute atomic E-state index is 0.271. The first-order valence-corrected chi connectivity index (χ1v) is 8.83. The Hall–Kier alpha value is -1.81. The summed E-state index contributed by atoms with van der Waals surface area (Å²) >= 11 is 0. The molecule has 2 unspecified atom stereocenters. The average Bonchev–Trinajstić information content (AvgIpc) is 3.18. The van der Waals surface area contributed by atoms with Gasteiger partial charge in [-0.15, -0.1) is 0 Å². The number of aromatic nitrogens is 4. The molecule has 9 nitrogen and oxygen atoms in total. The number of anilines is 1. The van der Waals surface area contributed by atoms with Gasteiger partial charge in [0, 0.05) is 12.6 Å². The number of nitrogens with two attached hydrogens (primary N) is 1. The third-order valence-corrected chi connectivity index (χ3v) is 5.21. The van der Waals surface area contributed by atoms with Crippen molar-refractivity contribution in [1.29, 1.82) is 0 Å². The molecule has 4 rings (SSSR count). The molecule has 1 aliphatic carbocycles. The fourth-order valence-electron chi connectivity index (χ4n) is 3.77. The van der Waals surface area contributed by atoms with E-state index in [1.807, 2.05) is 0 Å². The highest BCUT2D eigenvalue weighted by Gasteiger charge is 2.44. The summed E-state index contributed by atoms with van der Waals surface area (Å²) in [5, 5.41) is 24.3. The molecule has 9 heteroatoms. The molecule has 3 heterocycles. The Labute approximate surface area is 145 Å². The monoisotopic (exact) mass is 348 g/mol. The van der Waals surface area contributed by atoms with Crippen molar-refractivity contribution in [1.82, 2.24) is 24.8 Å². The van der Waals surface area contributed by atoms with Gasteiger partial charge in [0.15, 0.2) is 17.7 Å². The second-order valence-electron chi connectivity index (χ2n) is 6.87. The van der Waals surface area contributed by atoms with Crippen molar-refractivity contribution in [2.75, 3.05) is 12.3 Å². The number of aliphatic hydroxyl groups is 2. The molecule has 0 amide bonds. The third kappa shape index (κ3) is 3.08. The predicted molar refractivity (Wildman–Crippen MR) is 90.5 cm³/mol. The van der Waals surface area contributed by atoms with E-state index in [0.29, 0.717) is 23.8 Å². The summed E-state index contributed by atoms with van der Waals surface area (Å²) in [6.07, 6.45) is 5.63. The first kappa shape index (κ1) is 16.6. The lowest BCUT2D eigenvalue weighted by molar-refractivity contribution is -0.0349. The van der Waals surface area contributed by atoms with Gasteiger partial charge in [0.25, 0.3) is 0 Å². The van der Waals surface area contributed by atoms with Gasteiger partial charge in [-0.05, 0) is 12.8 Å². The van der Waals surface area contributed by atoms with Crippen molar-refractivity contribution >= 4 is 17.0 Å². The Morgan fingerprint density at radius 3 is 2.76 bits per heavy atom. The molecule has 2 fully saturated rings. The van der Waals surface area contributed by atoms with Crippen LogP contribution < -0.4 is 11.1 Å². The number of nitrogen functional groups attached to an aromatic ring is 1. The molecular weight excluding hydrogens is 324 g/mol. The Balaban J connectivity index is 1.48. The molecule has 0 bridgehead atoms. The third-order valence-electron chi connectivity index (χ3n) is 5.21. The normalized spacial score (nSPS) is 31.0. The van der Waals surface area contributed by atoms with E-state index in [1.165, 1.54) is 31.9 Å². The van der Waals surface area contributed by atoms with Gasteiger partial charge in [0.1, 0.15) is 30.2 Å². The zero-order valence-corrected chi connectivity index (χ0v) is 14.0. The van der Waals surface area contributed by atoms with E-state index in [9.17, 15) is 10.2 Å². The molecule has 0 spiro atoms. The maximum atomic E-state index is 10.4. The van der Waals surface area contributed by atoms with E-state index in [4.69, 9.17) is 10.5 Å². The smallest absolute Gasteiger partial charge is 0.167 e. The number of hydrogen-bond donors (Lipinski definition) is 4. The van der Waals surface area contributed by atoms with Crippen LogP contribution in [0.4, 0.5) is 5.82 Å². The van der Waals surface area contributed by atoms with Crippen LogP contribution in [0.15, 0.2) is 12.7 Å². The van der Waals surface area contributed by atoms with Crippen molar-refractivity contribution in [2.24, 2.45) is 0 Å². The van der Waals surface area contributed by atoms with E-state index >= 15 is 0 Å². The van der Waals surface area contributed by atoms with Crippen LogP contribution in [0.5, 0.6) is 0 Å². The summed E-state index contributed by atoms with van der Waals surface area (Å²) in [5.74, 6) is 0.271. The topological polar surface area (TPSA) is 131 Å². The molecule has 1 saturated carbocycles. The Morgan fingerprint density at radius 2 is 1.96 bits per heavy atom. The van der Waals surface area contributed by atoms with Crippen LogP contribution in [-0.2, 0) is 4.74 Å². The fraction of sp³-hybridized carbons (Fsp3) is 0.688. The van der Waals surface area contributed by atoms with E-state index in [2.05, 4.69) is 20.3 Å². The lowest BCUT2D eigenvalue weighted by Crippen LogP contribution is -2.42. The van der Waals surface area contributed by atoms with E-state index < -0.39 is 24.5 Å². The minimum atomic E-state index is -1.06. The maximum absolute atomic E-state index is 10.4. The van der Waals surface area contributed by atoms with Gasteiger partial charge >= 0.3 is 0 Å². The van der Waals surface area contributed by atoms with Gasteiger partial charge in [-0.25, -0.2) is 15.0 Å². The van der Waals surface area contributed by atoms with Crippen LogP contribution in [0.25, 0.3) is 11.2 Å². The van der Waals surface area contributed by atoms with E-state index in [-0.39, 0.29) is 5.82 Å². The molecule has 0 radical (unpaired) electrons. The van der Waals surface area contributed by atoms with Crippen LogP contribution >= 0.6 is 0 Å². The van der Waals surface area contributed by atoms with Gasteiger partial charge in [-0.2, -0.15) is 0 Å². The molecule has 0 aromatic carbocycles. The molecule has 4 atom stereocenters. The van der Waals surface area contributed by atoms with Crippen LogP contribution in [0.1, 0.15) is 38.3 Å². The molecule has 136 valence electrons. The van der Waals surface area contributed by atoms with Gasteiger partial charge in [-0.1, -0.05) is 19.3 Å². The van der Waals surface area contributed by atoms with Crippen molar-refractivity contribution < 1.29 is 14.9 Å². The first-order chi connectivity index (χ1) is 12.1. The van der Waals surface area contributed by atoms with Crippen LogP contribution in [-0.4, -0.2) is 60.6 Å². The number of rotatable bonds is 4. The highest BCUT2D eigenvalue weighted by molar-refractivity contribution is 5.81. The quantitative estimate of drug-likeness (QED) is 0.605. The second kappa shape index (κ2) is 6.83. The SMILES string of the molecule is Nc1ncnc2c1ncn2[C@@H]1O[C@H](CNC2CCCCC2)C(O)C1O. The Bertz CT molecular complexity index is 732. The number of fused-ring (bicyclic) bond motifs is 1. The largest absolute Gasteiger partial charge is 0.387 e. The summed E-state index contributed by atoms with van der Waals surface area (Å²) in [6.45, 7) is 0.503. The van der Waals surface area contributed by atoms with Crippen molar-refractivity contribution in [3.05, 3.63) is 12.7 Å². The Morgan fingerprint density at radius 1 is 1.16 bits per heavy atom. The summed E-state index contributed by atoms with van der Waals surface area (Å²) in [7, 11) is 0. The fourth-order valence-corrected chi connectivity index (χ4v) is 3.77. The summed E-state index contributed by atoms with van der Waals surface area (Å²) < 4.78 is 7.53. The first-order valence-electron chi connectivity index (χ1n) is 8.83. The number of ether oxygens (including phenoxy) is 1. The van der Waals surface area contributed by atoms with Gasteiger partial charge in [0.2, 0.25) is 0 Å².